The molecule has 0 saturated heterocycles. The van der Waals surface area contributed by atoms with Gasteiger partial charge >= 0.3 is 0 Å². The van der Waals surface area contributed by atoms with E-state index in [1.165, 1.54) is 0 Å². The van der Waals surface area contributed by atoms with Gasteiger partial charge in [0.1, 0.15) is 6.04 Å². The van der Waals surface area contributed by atoms with E-state index in [4.69, 9.17) is 11.6 Å². The summed E-state index contributed by atoms with van der Waals surface area (Å²) in [5, 5.41) is 3.69. The Kier molecular flexibility index (Phi) is 5.31. The maximum absolute atomic E-state index is 12.5. The monoisotopic (exact) mass is 340 g/mol. The average Bonchev–Trinajstić information content (AvgIpc) is 2.57. The molecule has 0 unspecified atom stereocenters. The van der Waals surface area contributed by atoms with Gasteiger partial charge in [0.2, 0.25) is 5.91 Å². The Morgan fingerprint density at radius 2 is 1.83 bits per heavy atom. The number of nitrogens with one attached hydrogen (secondary N) is 1. The minimum atomic E-state index is -0.363. The van der Waals surface area contributed by atoms with E-state index in [0.29, 0.717) is 11.6 Å². The SMILES string of the molecule is CCCCNC(=O)[C@H]1N=C(c2ccccc2)[C@@H]1c1ccc(Cl)cc1. The molecule has 2 atom stereocenters. The summed E-state index contributed by atoms with van der Waals surface area (Å²) in [5.41, 5.74) is 3.10. The van der Waals surface area contributed by atoms with Crippen LogP contribution in [-0.2, 0) is 4.79 Å². The number of rotatable bonds is 6. The third-order valence-electron chi connectivity index (χ3n) is 4.29. The van der Waals surface area contributed by atoms with Crippen LogP contribution in [0.4, 0.5) is 0 Å². The highest BCUT2D eigenvalue weighted by Crippen LogP contribution is 2.35. The maximum Gasteiger partial charge on any atom is 0.245 e. The van der Waals surface area contributed by atoms with E-state index in [2.05, 4.69) is 17.2 Å². The first kappa shape index (κ1) is 16.7. The number of nitrogens with zero attached hydrogens (tertiary/aromatic N) is 1. The summed E-state index contributed by atoms with van der Waals surface area (Å²) in [6.45, 7) is 2.81. The van der Waals surface area contributed by atoms with Gasteiger partial charge in [-0.15, -0.1) is 0 Å². The Balaban J connectivity index is 1.86. The zero-order valence-corrected chi connectivity index (χ0v) is 14.5. The Hall–Kier alpha value is -2.13. The van der Waals surface area contributed by atoms with Gasteiger partial charge < -0.3 is 5.32 Å². The fourth-order valence-electron chi connectivity index (χ4n) is 2.95. The minimum Gasteiger partial charge on any atom is -0.354 e. The molecule has 3 nitrogen and oxygen atoms in total. The van der Waals surface area contributed by atoms with E-state index < -0.39 is 0 Å². The highest BCUT2D eigenvalue weighted by molar-refractivity contribution is 6.30. The molecule has 0 fully saturated rings. The number of amides is 1. The van der Waals surface area contributed by atoms with Gasteiger partial charge in [0.05, 0.1) is 11.6 Å². The molecule has 1 N–H and O–H groups in total. The van der Waals surface area contributed by atoms with E-state index in [1.54, 1.807) is 0 Å². The lowest BCUT2D eigenvalue weighted by molar-refractivity contribution is -0.122. The average molecular weight is 341 g/mol. The normalized spacial score (nSPS) is 19.3. The first-order chi connectivity index (χ1) is 11.7. The molecule has 124 valence electrons. The van der Waals surface area contributed by atoms with Crippen molar-refractivity contribution < 1.29 is 4.79 Å². The second-order valence-corrected chi connectivity index (χ2v) is 6.44. The molecule has 0 aliphatic carbocycles. The van der Waals surface area contributed by atoms with E-state index in [1.807, 2.05) is 54.6 Å². The summed E-state index contributed by atoms with van der Waals surface area (Å²) in [4.78, 5) is 17.1. The van der Waals surface area contributed by atoms with Crippen LogP contribution in [0.25, 0.3) is 0 Å². The van der Waals surface area contributed by atoms with Crippen molar-refractivity contribution in [3.8, 4) is 0 Å². The van der Waals surface area contributed by atoms with Gasteiger partial charge in [-0.3, -0.25) is 9.79 Å². The zero-order valence-electron chi connectivity index (χ0n) is 13.7. The van der Waals surface area contributed by atoms with Crippen molar-refractivity contribution in [2.45, 2.75) is 31.7 Å². The summed E-state index contributed by atoms with van der Waals surface area (Å²) in [5.74, 6) is -0.0191. The maximum atomic E-state index is 12.5. The molecule has 0 radical (unpaired) electrons. The molecule has 2 aromatic carbocycles. The molecule has 2 aromatic rings. The quantitative estimate of drug-likeness (QED) is 0.786. The van der Waals surface area contributed by atoms with Gasteiger partial charge in [0.15, 0.2) is 0 Å². The number of carbonyl (C=O) groups excluding carboxylic acids is 1. The van der Waals surface area contributed by atoms with E-state index in [9.17, 15) is 4.79 Å². The number of unbranched alkanes of at least 4 members (excludes halogenated alkanes) is 1. The van der Waals surface area contributed by atoms with Crippen molar-refractivity contribution >= 4 is 23.2 Å². The van der Waals surface area contributed by atoms with Crippen LogP contribution < -0.4 is 5.32 Å². The van der Waals surface area contributed by atoms with Crippen molar-refractivity contribution in [3.05, 3.63) is 70.7 Å². The van der Waals surface area contributed by atoms with Crippen molar-refractivity contribution in [1.29, 1.82) is 0 Å². The number of halogens is 1. The van der Waals surface area contributed by atoms with E-state index in [-0.39, 0.29) is 17.9 Å². The standard InChI is InChI=1S/C20H21ClN2O/c1-2-3-13-22-20(24)19-17(14-9-11-16(21)12-10-14)18(23-19)15-7-5-4-6-8-15/h4-12,17,19H,2-3,13H2,1H3,(H,22,24)/t17-,19-/m0/s1. The second-order valence-electron chi connectivity index (χ2n) is 6.00. The van der Waals surface area contributed by atoms with E-state index in [0.717, 1.165) is 29.7 Å². The number of benzene rings is 2. The van der Waals surface area contributed by atoms with Crippen LogP contribution in [0.5, 0.6) is 0 Å². The van der Waals surface area contributed by atoms with Gasteiger partial charge in [-0.05, 0) is 29.7 Å². The Morgan fingerprint density at radius 1 is 1.12 bits per heavy atom. The van der Waals surface area contributed by atoms with Crippen LogP contribution in [-0.4, -0.2) is 24.2 Å². The topological polar surface area (TPSA) is 41.5 Å². The van der Waals surface area contributed by atoms with Gasteiger partial charge in [0, 0.05) is 11.6 Å². The Labute approximate surface area is 147 Å². The predicted octanol–water partition coefficient (Wildman–Crippen LogP) is 4.21. The number of hydrogen-bond acceptors (Lipinski definition) is 2. The summed E-state index contributed by atoms with van der Waals surface area (Å²) >= 11 is 6.00. The highest BCUT2D eigenvalue weighted by atomic mass is 35.5. The van der Waals surface area contributed by atoms with Crippen molar-refractivity contribution in [3.63, 3.8) is 0 Å². The molecule has 1 aliphatic rings. The Morgan fingerprint density at radius 3 is 2.50 bits per heavy atom. The molecular weight excluding hydrogens is 320 g/mol. The lowest BCUT2D eigenvalue weighted by Gasteiger charge is -2.34. The lowest BCUT2D eigenvalue weighted by atomic mass is 9.78. The van der Waals surface area contributed by atoms with Gasteiger partial charge in [0.25, 0.3) is 0 Å². The summed E-state index contributed by atoms with van der Waals surface area (Å²) < 4.78 is 0. The minimum absolute atomic E-state index is 0.00285. The van der Waals surface area contributed by atoms with Crippen molar-refractivity contribution in [1.82, 2.24) is 5.32 Å². The molecule has 3 rings (SSSR count). The van der Waals surface area contributed by atoms with Crippen LogP contribution in [0.2, 0.25) is 5.02 Å². The molecule has 0 spiro atoms. The van der Waals surface area contributed by atoms with Crippen molar-refractivity contribution in [2.24, 2.45) is 4.99 Å². The fourth-order valence-corrected chi connectivity index (χ4v) is 3.07. The van der Waals surface area contributed by atoms with Crippen LogP contribution in [0.1, 0.15) is 36.8 Å². The number of aliphatic imine (C=N–C) groups is 1. The van der Waals surface area contributed by atoms with Gasteiger partial charge in [-0.25, -0.2) is 0 Å². The zero-order chi connectivity index (χ0) is 16.9. The molecule has 4 heteroatoms. The second kappa shape index (κ2) is 7.63. The molecule has 24 heavy (non-hydrogen) atoms. The smallest absolute Gasteiger partial charge is 0.245 e. The number of carbonyl (C=O) groups is 1. The van der Waals surface area contributed by atoms with E-state index >= 15 is 0 Å². The van der Waals surface area contributed by atoms with Crippen LogP contribution in [0.3, 0.4) is 0 Å². The highest BCUT2D eigenvalue weighted by Gasteiger charge is 2.41. The lowest BCUT2D eigenvalue weighted by Crippen LogP contribution is -2.47. The third-order valence-corrected chi connectivity index (χ3v) is 4.54. The first-order valence-corrected chi connectivity index (χ1v) is 8.74. The third kappa shape index (κ3) is 3.51. The predicted molar refractivity (Wildman–Crippen MR) is 98.9 cm³/mol. The Bertz CT molecular complexity index is 725. The largest absolute Gasteiger partial charge is 0.354 e. The molecule has 1 heterocycles. The van der Waals surface area contributed by atoms with Crippen molar-refractivity contribution in [2.75, 3.05) is 6.54 Å². The molecule has 0 saturated carbocycles. The van der Waals surface area contributed by atoms with Crippen LogP contribution in [0, 0.1) is 0 Å². The number of hydrogen-bond donors (Lipinski definition) is 1. The van der Waals surface area contributed by atoms with Crippen LogP contribution in [0.15, 0.2) is 59.6 Å². The summed E-state index contributed by atoms with van der Waals surface area (Å²) in [6, 6.07) is 17.4. The molecule has 1 amide bonds. The molecular formula is C20H21ClN2O. The molecule has 0 aromatic heterocycles. The van der Waals surface area contributed by atoms with Crippen LogP contribution >= 0.6 is 11.6 Å². The van der Waals surface area contributed by atoms with Gasteiger partial charge in [-0.2, -0.15) is 0 Å². The summed E-state index contributed by atoms with van der Waals surface area (Å²) in [7, 11) is 0. The fraction of sp³-hybridized carbons (Fsp3) is 0.300. The van der Waals surface area contributed by atoms with Gasteiger partial charge in [-0.1, -0.05) is 67.4 Å². The summed E-state index contributed by atoms with van der Waals surface area (Å²) in [6.07, 6.45) is 2.05. The first-order valence-electron chi connectivity index (χ1n) is 8.37. The molecule has 0 bridgehead atoms. The molecule has 1 aliphatic heterocycles.